The van der Waals surface area contributed by atoms with E-state index in [0.29, 0.717) is 5.69 Å². The summed E-state index contributed by atoms with van der Waals surface area (Å²) in [7, 11) is 1.62. The van der Waals surface area contributed by atoms with Crippen LogP contribution in [0.25, 0.3) is 11.1 Å². The van der Waals surface area contributed by atoms with Gasteiger partial charge >= 0.3 is 0 Å². The molecule has 130 valence electrons. The van der Waals surface area contributed by atoms with Crippen LogP contribution >= 0.6 is 0 Å². The lowest BCUT2D eigenvalue weighted by Gasteiger charge is -2.30. The molecule has 5 heteroatoms. The number of hydrogen-bond donors (Lipinski definition) is 2. The predicted octanol–water partition coefficient (Wildman–Crippen LogP) is 3.05. The highest BCUT2D eigenvalue weighted by Gasteiger charge is 2.29. The van der Waals surface area contributed by atoms with Gasteiger partial charge in [0.2, 0.25) is 5.95 Å². The van der Waals surface area contributed by atoms with Gasteiger partial charge in [-0.1, -0.05) is 54.6 Å². The van der Waals surface area contributed by atoms with E-state index in [9.17, 15) is 4.79 Å². The lowest BCUT2D eigenvalue weighted by molar-refractivity contribution is 0.647. The zero-order chi connectivity index (χ0) is 18.3. The average Bonchev–Trinajstić information content (AvgIpc) is 2.59. The fourth-order valence-corrected chi connectivity index (χ4v) is 3.35. The molecule has 1 heterocycles. The SMILES string of the molecule is Cn1c(N)nc(C2C=CC2c2cccc(-c3ccccc3N)c2)cc1=O. The zero-order valence-electron chi connectivity index (χ0n) is 14.5. The van der Waals surface area contributed by atoms with Crippen LogP contribution in [0.2, 0.25) is 0 Å². The minimum absolute atomic E-state index is 0.0505. The molecule has 0 spiro atoms. The van der Waals surface area contributed by atoms with Crippen molar-refractivity contribution in [3.63, 3.8) is 0 Å². The second-order valence-corrected chi connectivity index (χ2v) is 6.59. The molecule has 0 radical (unpaired) electrons. The minimum Gasteiger partial charge on any atom is -0.398 e. The number of hydrogen-bond acceptors (Lipinski definition) is 4. The summed E-state index contributed by atoms with van der Waals surface area (Å²) in [6, 6.07) is 17.7. The number of allylic oxidation sites excluding steroid dienone is 2. The molecule has 3 aromatic rings. The van der Waals surface area contributed by atoms with Crippen molar-refractivity contribution in [1.82, 2.24) is 9.55 Å². The van der Waals surface area contributed by atoms with Crippen molar-refractivity contribution in [2.24, 2.45) is 7.05 Å². The van der Waals surface area contributed by atoms with Crippen molar-refractivity contribution in [3.05, 3.63) is 88.4 Å². The maximum atomic E-state index is 12.0. The molecule has 0 saturated carbocycles. The van der Waals surface area contributed by atoms with Crippen LogP contribution in [0.3, 0.4) is 0 Å². The normalized spacial score (nSPS) is 18.5. The number of anilines is 2. The van der Waals surface area contributed by atoms with Crippen LogP contribution in [0.1, 0.15) is 23.1 Å². The molecule has 4 rings (SSSR count). The van der Waals surface area contributed by atoms with Gasteiger partial charge in [0, 0.05) is 36.2 Å². The van der Waals surface area contributed by atoms with Crippen molar-refractivity contribution in [2.75, 3.05) is 11.5 Å². The largest absolute Gasteiger partial charge is 0.398 e. The lowest BCUT2D eigenvalue weighted by Crippen LogP contribution is -2.25. The van der Waals surface area contributed by atoms with Crippen LogP contribution in [0.4, 0.5) is 11.6 Å². The Balaban J connectivity index is 1.69. The third kappa shape index (κ3) is 2.67. The van der Waals surface area contributed by atoms with Crippen molar-refractivity contribution < 1.29 is 0 Å². The standard InChI is InChI=1S/C21H20N4O/c1-25-20(26)12-19(24-21(25)23)17-10-9-15(17)13-5-4-6-14(11-13)16-7-2-3-8-18(16)22/h2-12,15,17H,22H2,1H3,(H2,23,24). The molecule has 2 unspecified atom stereocenters. The van der Waals surface area contributed by atoms with Crippen molar-refractivity contribution in [1.29, 1.82) is 0 Å². The number of rotatable bonds is 3. The Hall–Kier alpha value is -3.34. The molecule has 26 heavy (non-hydrogen) atoms. The summed E-state index contributed by atoms with van der Waals surface area (Å²) in [5.74, 6) is 0.450. The Labute approximate surface area is 151 Å². The van der Waals surface area contributed by atoms with Gasteiger partial charge in [-0.05, 0) is 17.2 Å². The van der Waals surface area contributed by atoms with Gasteiger partial charge in [0.15, 0.2) is 0 Å². The van der Waals surface area contributed by atoms with Crippen molar-refractivity contribution >= 4 is 11.6 Å². The second kappa shape index (κ2) is 6.19. The molecule has 0 fully saturated rings. The molecule has 0 bridgehead atoms. The van der Waals surface area contributed by atoms with Crippen LogP contribution in [0, 0.1) is 0 Å². The monoisotopic (exact) mass is 344 g/mol. The fraction of sp³-hybridized carbons (Fsp3) is 0.143. The van der Waals surface area contributed by atoms with Gasteiger partial charge in [0.1, 0.15) is 0 Å². The summed E-state index contributed by atoms with van der Waals surface area (Å²) in [4.78, 5) is 16.4. The molecule has 2 atom stereocenters. The molecule has 1 aliphatic rings. The van der Waals surface area contributed by atoms with Crippen LogP contribution in [-0.2, 0) is 7.05 Å². The molecule has 0 aliphatic heterocycles. The van der Waals surface area contributed by atoms with Gasteiger partial charge < -0.3 is 11.5 Å². The zero-order valence-corrected chi connectivity index (χ0v) is 14.5. The summed E-state index contributed by atoms with van der Waals surface area (Å²) < 4.78 is 1.35. The molecular weight excluding hydrogens is 324 g/mol. The minimum atomic E-state index is -0.141. The molecular formula is C21H20N4O. The number of para-hydroxylation sites is 1. The highest BCUT2D eigenvalue weighted by atomic mass is 16.1. The van der Waals surface area contributed by atoms with E-state index in [1.807, 2.05) is 30.3 Å². The quantitative estimate of drug-likeness (QED) is 0.565. The van der Waals surface area contributed by atoms with E-state index in [4.69, 9.17) is 11.5 Å². The molecule has 2 aromatic carbocycles. The van der Waals surface area contributed by atoms with Gasteiger partial charge in [-0.25, -0.2) is 4.98 Å². The van der Waals surface area contributed by atoms with E-state index in [-0.39, 0.29) is 23.3 Å². The van der Waals surface area contributed by atoms with E-state index in [0.717, 1.165) is 16.8 Å². The number of aromatic nitrogens is 2. The first-order valence-electron chi connectivity index (χ1n) is 8.51. The summed E-state index contributed by atoms with van der Waals surface area (Å²) >= 11 is 0. The van der Waals surface area contributed by atoms with E-state index in [1.165, 1.54) is 10.1 Å². The number of benzene rings is 2. The number of nitrogens with two attached hydrogens (primary N) is 2. The predicted molar refractivity (Wildman–Crippen MR) is 105 cm³/mol. The van der Waals surface area contributed by atoms with E-state index in [2.05, 4.69) is 35.3 Å². The number of nitrogen functional groups attached to an aromatic ring is 2. The maximum Gasteiger partial charge on any atom is 0.254 e. The Morgan fingerprint density at radius 2 is 1.73 bits per heavy atom. The highest BCUT2D eigenvalue weighted by molar-refractivity contribution is 5.76. The molecule has 0 saturated heterocycles. The highest BCUT2D eigenvalue weighted by Crippen LogP contribution is 2.42. The van der Waals surface area contributed by atoms with Crippen LogP contribution in [-0.4, -0.2) is 9.55 Å². The molecule has 1 aromatic heterocycles. The van der Waals surface area contributed by atoms with Gasteiger partial charge in [-0.15, -0.1) is 0 Å². The van der Waals surface area contributed by atoms with Gasteiger partial charge in [-0.3, -0.25) is 9.36 Å². The van der Waals surface area contributed by atoms with Crippen LogP contribution in [0.5, 0.6) is 0 Å². The Kier molecular flexibility index (Phi) is 3.84. The Morgan fingerprint density at radius 3 is 2.42 bits per heavy atom. The van der Waals surface area contributed by atoms with E-state index < -0.39 is 0 Å². The number of nitrogens with zero attached hydrogens (tertiary/aromatic N) is 2. The fourth-order valence-electron chi connectivity index (χ4n) is 3.35. The molecule has 5 nitrogen and oxygen atoms in total. The first-order valence-corrected chi connectivity index (χ1v) is 8.51. The van der Waals surface area contributed by atoms with E-state index in [1.54, 1.807) is 13.1 Å². The maximum absolute atomic E-state index is 12.0. The van der Waals surface area contributed by atoms with Gasteiger partial charge in [0.25, 0.3) is 5.56 Å². The average molecular weight is 344 g/mol. The lowest BCUT2D eigenvalue weighted by atomic mass is 9.75. The molecule has 1 aliphatic carbocycles. The van der Waals surface area contributed by atoms with Crippen molar-refractivity contribution in [3.8, 4) is 11.1 Å². The van der Waals surface area contributed by atoms with E-state index >= 15 is 0 Å². The second-order valence-electron chi connectivity index (χ2n) is 6.59. The Morgan fingerprint density at radius 1 is 0.962 bits per heavy atom. The summed E-state index contributed by atoms with van der Waals surface area (Å²) in [5, 5.41) is 0. The van der Waals surface area contributed by atoms with Gasteiger partial charge in [0.05, 0.1) is 5.69 Å². The van der Waals surface area contributed by atoms with Gasteiger partial charge in [-0.2, -0.15) is 0 Å². The Bertz CT molecular complexity index is 1070. The van der Waals surface area contributed by atoms with Crippen LogP contribution < -0.4 is 17.0 Å². The summed E-state index contributed by atoms with van der Waals surface area (Å²) in [6.07, 6.45) is 4.20. The summed E-state index contributed by atoms with van der Waals surface area (Å²) in [5.41, 5.74) is 16.6. The third-order valence-electron chi connectivity index (χ3n) is 4.99. The first kappa shape index (κ1) is 16.1. The first-order chi connectivity index (χ1) is 12.5. The third-order valence-corrected chi connectivity index (χ3v) is 4.99. The molecule has 0 amide bonds. The smallest absolute Gasteiger partial charge is 0.254 e. The molecule has 4 N–H and O–H groups in total. The van der Waals surface area contributed by atoms with Crippen LogP contribution in [0.15, 0.2) is 71.5 Å². The van der Waals surface area contributed by atoms with Crippen molar-refractivity contribution in [2.45, 2.75) is 11.8 Å². The topological polar surface area (TPSA) is 86.9 Å². The summed E-state index contributed by atoms with van der Waals surface area (Å²) in [6.45, 7) is 0.